The normalized spacial score (nSPS) is 12.4. The third-order valence-electron chi connectivity index (χ3n) is 5.44. The number of nitrogens with one attached hydrogen (secondary N) is 2. The topological polar surface area (TPSA) is 113 Å². The number of rotatable bonds is 11. The Morgan fingerprint density at radius 3 is 2.36 bits per heavy atom. The summed E-state index contributed by atoms with van der Waals surface area (Å²) in [6.07, 6.45) is 1.53. The SMILES string of the molecule is CCCCN(C(=O)CNC(c1ccc(Cl)cc1)C(C)C)c1c(N)n(CC(C)C)c(=O)[nH]c1=O. The predicted molar refractivity (Wildman–Crippen MR) is 135 cm³/mol. The van der Waals surface area contributed by atoms with Crippen LogP contribution in [0.25, 0.3) is 0 Å². The number of amides is 1. The van der Waals surface area contributed by atoms with E-state index in [0.29, 0.717) is 24.5 Å². The van der Waals surface area contributed by atoms with Crippen molar-refractivity contribution in [1.29, 1.82) is 0 Å². The lowest BCUT2D eigenvalue weighted by molar-refractivity contribution is -0.118. The smallest absolute Gasteiger partial charge is 0.330 e. The largest absolute Gasteiger partial charge is 0.383 e. The first kappa shape index (κ1) is 26.7. The molecule has 0 aliphatic carbocycles. The molecule has 0 spiro atoms. The van der Waals surface area contributed by atoms with Gasteiger partial charge in [0.15, 0.2) is 5.69 Å². The number of hydrogen-bond acceptors (Lipinski definition) is 5. The summed E-state index contributed by atoms with van der Waals surface area (Å²) in [6.45, 7) is 10.7. The molecule has 0 aliphatic heterocycles. The first-order chi connectivity index (χ1) is 15.6. The third-order valence-corrected chi connectivity index (χ3v) is 5.69. The lowest BCUT2D eigenvalue weighted by atomic mass is 9.96. The van der Waals surface area contributed by atoms with Gasteiger partial charge < -0.3 is 16.0 Å². The van der Waals surface area contributed by atoms with E-state index >= 15 is 0 Å². The van der Waals surface area contributed by atoms with Crippen LogP contribution in [0.4, 0.5) is 11.5 Å². The summed E-state index contributed by atoms with van der Waals surface area (Å²) >= 11 is 6.02. The van der Waals surface area contributed by atoms with Crippen molar-refractivity contribution < 1.29 is 4.79 Å². The van der Waals surface area contributed by atoms with E-state index in [4.69, 9.17) is 17.3 Å². The van der Waals surface area contributed by atoms with Gasteiger partial charge in [-0.25, -0.2) is 4.79 Å². The molecule has 0 saturated heterocycles. The lowest BCUT2D eigenvalue weighted by Gasteiger charge is -2.27. The molecule has 0 fully saturated rings. The number of anilines is 2. The molecule has 1 unspecified atom stereocenters. The number of aromatic amines is 1. The first-order valence-electron chi connectivity index (χ1n) is 11.5. The molecular weight excluding hydrogens is 442 g/mol. The highest BCUT2D eigenvalue weighted by atomic mass is 35.5. The van der Waals surface area contributed by atoms with E-state index in [1.807, 2.05) is 45.0 Å². The Morgan fingerprint density at radius 1 is 1.18 bits per heavy atom. The van der Waals surface area contributed by atoms with Gasteiger partial charge in [0.25, 0.3) is 5.56 Å². The Balaban J connectivity index is 2.36. The fourth-order valence-electron chi connectivity index (χ4n) is 3.76. The number of halogens is 1. The maximum Gasteiger partial charge on any atom is 0.330 e. The van der Waals surface area contributed by atoms with Gasteiger partial charge in [0.1, 0.15) is 5.82 Å². The first-order valence-corrected chi connectivity index (χ1v) is 11.9. The average Bonchev–Trinajstić information content (AvgIpc) is 2.74. The van der Waals surface area contributed by atoms with Gasteiger partial charge in [-0.3, -0.25) is 19.1 Å². The highest BCUT2D eigenvalue weighted by Crippen LogP contribution is 2.24. The highest BCUT2D eigenvalue weighted by Gasteiger charge is 2.25. The summed E-state index contributed by atoms with van der Waals surface area (Å²) in [6, 6.07) is 7.43. The quantitative estimate of drug-likeness (QED) is 0.458. The minimum atomic E-state index is -0.653. The highest BCUT2D eigenvalue weighted by molar-refractivity contribution is 6.30. The third kappa shape index (κ3) is 6.95. The van der Waals surface area contributed by atoms with Gasteiger partial charge >= 0.3 is 5.69 Å². The summed E-state index contributed by atoms with van der Waals surface area (Å²) in [5, 5.41) is 3.97. The van der Waals surface area contributed by atoms with Crippen molar-refractivity contribution in [2.45, 2.75) is 60.0 Å². The molecule has 9 heteroatoms. The summed E-state index contributed by atoms with van der Waals surface area (Å²) in [5.41, 5.74) is 6.10. The van der Waals surface area contributed by atoms with Crippen LogP contribution in [0.5, 0.6) is 0 Å². The van der Waals surface area contributed by atoms with E-state index in [1.165, 1.54) is 9.47 Å². The zero-order chi connectivity index (χ0) is 24.7. The van der Waals surface area contributed by atoms with E-state index in [0.717, 1.165) is 12.0 Å². The summed E-state index contributed by atoms with van der Waals surface area (Å²) < 4.78 is 1.33. The van der Waals surface area contributed by atoms with Crippen LogP contribution < -0.4 is 27.2 Å². The van der Waals surface area contributed by atoms with Gasteiger partial charge in [0, 0.05) is 24.2 Å². The van der Waals surface area contributed by atoms with Crippen LogP contribution in [-0.2, 0) is 11.3 Å². The number of benzene rings is 1. The monoisotopic (exact) mass is 477 g/mol. The van der Waals surface area contributed by atoms with Crippen molar-refractivity contribution in [2.75, 3.05) is 23.7 Å². The van der Waals surface area contributed by atoms with Gasteiger partial charge in [-0.1, -0.05) is 64.8 Å². The molecule has 1 heterocycles. The van der Waals surface area contributed by atoms with Crippen LogP contribution in [0.15, 0.2) is 33.9 Å². The van der Waals surface area contributed by atoms with Crippen LogP contribution >= 0.6 is 11.6 Å². The second kappa shape index (κ2) is 12.0. The predicted octanol–water partition coefficient (Wildman–Crippen LogP) is 3.55. The molecule has 2 aromatic rings. The molecule has 1 aromatic heterocycles. The molecule has 33 heavy (non-hydrogen) atoms. The molecule has 0 aliphatic rings. The number of nitrogen functional groups attached to an aromatic ring is 1. The van der Waals surface area contributed by atoms with Crippen molar-refractivity contribution in [3.05, 3.63) is 55.7 Å². The molecule has 8 nitrogen and oxygen atoms in total. The molecule has 4 N–H and O–H groups in total. The second-order valence-corrected chi connectivity index (χ2v) is 9.49. The van der Waals surface area contributed by atoms with Crippen LogP contribution in [0.2, 0.25) is 5.02 Å². The minimum absolute atomic E-state index is 0.0113. The van der Waals surface area contributed by atoms with E-state index in [2.05, 4.69) is 24.1 Å². The molecule has 0 radical (unpaired) electrons. The lowest BCUT2D eigenvalue weighted by Crippen LogP contribution is -2.45. The zero-order valence-electron chi connectivity index (χ0n) is 20.2. The summed E-state index contributed by atoms with van der Waals surface area (Å²) in [5.74, 6) is 0.0795. The maximum absolute atomic E-state index is 13.3. The number of nitrogens with zero attached hydrogens (tertiary/aromatic N) is 2. The number of carbonyl (C=O) groups excluding carboxylic acids is 1. The van der Waals surface area contributed by atoms with Crippen LogP contribution in [0, 0.1) is 11.8 Å². The molecule has 2 rings (SSSR count). The molecule has 0 saturated carbocycles. The van der Waals surface area contributed by atoms with Crippen molar-refractivity contribution in [2.24, 2.45) is 11.8 Å². The van der Waals surface area contributed by atoms with Gasteiger partial charge in [0.2, 0.25) is 5.91 Å². The molecule has 0 bridgehead atoms. The van der Waals surface area contributed by atoms with Crippen LogP contribution in [0.1, 0.15) is 59.1 Å². The number of aromatic nitrogens is 2. The van der Waals surface area contributed by atoms with Crippen LogP contribution in [0.3, 0.4) is 0 Å². The fourth-order valence-corrected chi connectivity index (χ4v) is 3.89. The number of carbonyl (C=O) groups is 1. The minimum Gasteiger partial charge on any atom is -0.383 e. The Hall–Kier alpha value is -2.58. The number of hydrogen-bond donors (Lipinski definition) is 3. The van der Waals surface area contributed by atoms with Crippen molar-refractivity contribution in [1.82, 2.24) is 14.9 Å². The fraction of sp³-hybridized carbons (Fsp3) is 0.542. The van der Waals surface area contributed by atoms with E-state index in [-0.39, 0.29) is 41.8 Å². The second-order valence-electron chi connectivity index (χ2n) is 9.05. The average molecular weight is 478 g/mol. The molecular formula is C24H36ClN5O3. The number of H-pyrrole nitrogens is 1. The maximum atomic E-state index is 13.3. The van der Waals surface area contributed by atoms with E-state index < -0.39 is 11.2 Å². The number of unbranched alkanes of at least 4 members (excludes halogenated alkanes) is 1. The number of nitrogens with two attached hydrogens (primary N) is 1. The van der Waals surface area contributed by atoms with E-state index in [1.54, 1.807) is 0 Å². The molecule has 1 aromatic carbocycles. The summed E-state index contributed by atoms with van der Waals surface area (Å²) in [7, 11) is 0. The molecule has 1 atom stereocenters. The van der Waals surface area contributed by atoms with Crippen molar-refractivity contribution >= 4 is 29.0 Å². The molecule has 182 valence electrons. The zero-order valence-corrected chi connectivity index (χ0v) is 20.9. The van der Waals surface area contributed by atoms with Gasteiger partial charge in [-0.2, -0.15) is 0 Å². The summed E-state index contributed by atoms with van der Waals surface area (Å²) in [4.78, 5) is 42.1. The van der Waals surface area contributed by atoms with Gasteiger partial charge in [-0.15, -0.1) is 0 Å². The standard InChI is InChI=1S/C24H36ClN5O3/c1-6-7-12-29(21-22(26)30(14-15(2)3)24(33)28-23(21)32)19(31)13-27-20(16(4)5)17-8-10-18(25)11-9-17/h8-11,15-16,20,27H,6-7,12-14,26H2,1-5H3,(H,28,32,33). The Kier molecular flexibility index (Phi) is 9.73. The van der Waals surface area contributed by atoms with Crippen molar-refractivity contribution in [3.63, 3.8) is 0 Å². The van der Waals surface area contributed by atoms with Crippen LogP contribution in [-0.4, -0.2) is 28.5 Å². The van der Waals surface area contributed by atoms with Gasteiger partial charge in [-0.05, 0) is 36.0 Å². The van der Waals surface area contributed by atoms with Gasteiger partial charge in [0.05, 0.1) is 6.54 Å². The Labute approximate surface area is 200 Å². The van der Waals surface area contributed by atoms with E-state index in [9.17, 15) is 14.4 Å². The molecule has 1 amide bonds. The van der Waals surface area contributed by atoms with Crippen molar-refractivity contribution in [3.8, 4) is 0 Å². The Morgan fingerprint density at radius 2 is 1.82 bits per heavy atom. The Bertz CT molecular complexity index is 1040.